The third kappa shape index (κ3) is 2.81. The van der Waals surface area contributed by atoms with Gasteiger partial charge in [-0.15, -0.1) is 11.3 Å². The van der Waals surface area contributed by atoms with E-state index in [2.05, 4.69) is 15.2 Å². The molecule has 1 aliphatic rings. The van der Waals surface area contributed by atoms with Gasteiger partial charge in [0, 0.05) is 18.5 Å². The number of para-hydroxylation sites is 2. The number of hydrogen-bond donors (Lipinski definition) is 1. The van der Waals surface area contributed by atoms with Crippen molar-refractivity contribution >= 4 is 28.6 Å². The van der Waals surface area contributed by atoms with Crippen molar-refractivity contribution in [1.82, 2.24) is 4.98 Å². The van der Waals surface area contributed by atoms with Gasteiger partial charge in [0.25, 0.3) is 5.91 Å². The van der Waals surface area contributed by atoms with Crippen molar-refractivity contribution in [2.45, 2.75) is 0 Å². The minimum absolute atomic E-state index is 0.174. The Hall–Kier alpha value is -1.92. The van der Waals surface area contributed by atoms with Gasteiger partial charge in [0.2, 0.25) is 0 Å². The molecule has 1 aromatic heterocycles. The molecule has 3 rings (SSSR count). The number of anilines is 2. The molecule has 6 heteroatoms. The van der Waals surface area contributed by atoms with E-state index in [1.807, 2.05) is 24.3 Å². The summed E-state index contributed by atoms with van der Waals surface area (Å²) in [6, 6.07) is 7.82. The van der Waals surface area contributed by atoms with Crippen molar-refractivity contribution in [2.24, 2.45) is 0 Å². The maximum absolute atomic E-state index is 12.1. The lowest BCUT2D eigenvalue weighted by atomic mass is 10.2. The van der Waals surface area contributed by atoms with Crippen LogP contribution in [-0.2, 0) is 4.74 Å². The molecular weight excluding hydrogens is 274 g/mol. The Balaban J connectivity index is 1.80. The minimum atomic E-state index is -0.174. The van der Waals surface area contributed by atoms with Crippen molar-refractivity contribution in [3.8, 4) is 0 Å². The second-order valence-electron chi connectivity index (χ2n) is 4.44. The van der Waals surface area contributed by atoms with Gasteiger partial charge in [0.05, 0.1) is 30.1 Å². The number of thiazole rings is 1. The van der Waals surface area contributed by atoms with Gasteiger partial charge in [-0.1, -0.05) is 12.1 Å². The highest BCUT2D eigenvalue weighted by Gasteiger charge is 2.16. The van der Waals surface area contributed by atoms with Gasteiger partial charge in [0.15, 0.2) is 0 Å². The topological polar surface area (TPSA) is 54.5 Å². The Morgan fingerprint density at radius 2 is 2.10 bits per heavy atom. The molecule has 20 heavy (non-hydrogen) atoms. The normalized spacial score (nSPS) is 15.1. The summed E-state index contributed by atoms with van der Waals surface area (Å²) >= 11 is 1.41. The van der Waals surface area contributed by atoms with E-state index in [9.17, 15) is 4.79 Å². The molecule has 1 saturated heterocycles. The van der Waals surface area contributed by atoms with Crippen molar-refractivity contribution in [1.29, 1.82) is 0 Å². The van der Waals surface area contributed by atoms with E-state index in [0.29, 0.717) is 18.9 Å². The van der Waals surface area contributed by atoms with Gasteiger partial charge in [-0.05, 0) is 12.1 Å². The zero-order valence-electron chi connectivity index (χ0n) is 10.9. The number of carbonyl (C=O) groups excluding carboxylic acids is 1. The van der Waals surface area contributed by atoms with E-state index in [-0.39, 0.29) is 5.91 Å². The minimum Gasteiger partial charge on any atom is -0.378 e. The van der Waals surface area contributed by atoms with Gasteiger partial charge in [-0.2, -0.15) is 0 Å². The van der Waals surface area contributed by atoms with Crippen LogP contribution >= 0.6 is 11.3 Å². The molecule has 0 radical (unpaired) electrons. The first-order valence-corrected chi connectivity index (χ1v) is 7.40. The van der Waals surface area contributed by atoms with Crippen LogP contribution < -0.4 is 10.2 Å². The Kier molecular flexibility index (Phi) is 3.94. The lowest BCUT2D eigenvalue weighted by Gasteiger charge is -2.30. The van der Waals surface area contributed by atoms with E-state index in [0.717, 1.165) is 24.5 Å². The van der Waals surface area contributed by atoms with Gasteiger partial charge in [-0.25, -0.2) is 4.98 Å². The van der Waals surface area contributed by atoms with Gasteiger partial charge >= 0.3 is 0 Å². The first-order chi connectivity index (χ1) is 9.84. The predicted molar refractivity (Wildman–Crippen MR) is 79.5 cm³/mol. The summed E-state index contributed by atoms with van der Waals surface area (Å²) in [6.07, 6.45) is 0. The molecule has 0 spiro atoms. The largest absolute Gasteiger partial charge is 0.378 e. The number of rotatable bonds is 3. The molecule has 5 nitrogen and oxygen atoms in total. The standard InChI is InChI=1S/C14H15N3O2S/c18-14(12-9-20-10-15-12)16-11-3-1-2-4-13(11)17-5-7-19-8-6-17/h1-4,9-10H,5-8H2,(H,16,18). The van der Waals surface area contributed by atoms with E-state index in [1.54, 1.807) is 10.9 Å². The molecule has 0 unspecified atom stereocenters. The average molecular weight is 289 g/mol. The SMILES string of the molecule is O=C(Nc1ccccc1N1CCOCC1)c1cscn1. The number of hydrogen-bond acceptors (Lipinski definition) is 5. The Morgan fingerprint density at radius 1 is 1.30 bits per heavy atom. The maximum Gasteiger partial charge on any atom is 0.275 e. The van der Waals surface area contributed by atoms with E-state index >= 15 is 0 Å². The zero-order chi connectivity index (χ0) is 13.8. The highest BCUT2D eigenvalue weighted by atomic mass is 32.1. The third-order valence-corrected chi connectivity index (χ3v) is 3.76. The number of ether oxygens (including phenoxy) is 1. The second-order valence-corrected chi connectivity index (χ2v) is 5.16. The van der Waals surface area contributed by atoms with Crippen LogP contribution in [0.25, 0.3) is 0 Å². The number of nitrogens with zero attached hydrogens (tertiary/aromatic N) is 2. The number of morpholine rings is 1. The van der Waals surface area contributed by atoms with E-state index in [4.69, 9.17) is 4.74 Å². The van der Waals surface area contributed by atoms with Crippen LogP contribution in [0.2, 0.25) is 0 Å². The fourth-order valence-electron chi connectivity index (χ4n) is 2.17. The fourth-order valence-corrected chi connectivity index (χ4v) is 2.70. The Morgan fingerprint density at radius 3 is 2.85 bits per heavy atom. The summed E-state index contributed by atoms with van der Waals surface area (Å²) in [7, 11) is 0. The van der Waals surface area contributed by atoms with Gasteiger partial charge in [0.1, 0.15) is 5.69 Å². The Labute approximate surface area is 121 Å². The van der Waals surface area contributed by atoms with Crippen LogP contribution in [0.3, 0.4) is 0 Å². The number of carbonyl (C=O) groups is 1. The van der Waals surface area contributed by atoms with Crippen LogP contribution in [0.1, 0.15) is 10.5 Å². The van der Waals surface area contributed by atoms with Gasteiger partial charge in [-0.3, -0.25) is 4.79 Å². The number of nitrogens with one attached hydrogen (secondary N) is 1. The molecule has 2 aromatic rings. The molecule has 2 heterocycles. The van der Waals surface area contributed by atoms with Crippen LogP contribution in [0.15, 0.2) is 35.2 Å². The van der Waals surface area contributed by atoms with Crippen LogP contribution in [0.5, 0.6) is 0 Å². The van der Waals surface area contributed by atoms with Crippen molar-refractivity contribution < 1.29 is 9.53 Å². The average Bonchev–Trinajstić information content (AvgIpc) is 3.03. The first kappa shape index (κ1) is 13.1. The smallest absolute Gasteiger partial charge is 0.275 e. The molecule has 1 aromatic carbocycles. The molecule has 0 aliphatic carbocycles. The summed E-state index contributed by atoms with van der Waals surface area (Å²) in [5.74, 6) is -0.174. The van der Waals surface area contributed by atoms with Crippen LogP contribution in [-0.4, -0.2) is 37.2 Å². The van der Waals surface area contributed by atoms with E-state index < -0.39 is 0 Å². The fraction of sp³-hybridized carbons (Fsp3) is 0.286. The highest BCUT2D eigenvalue weighted by molar-refractivity contribution is 7.07. The predicted octanol–water partition coefficient (Wildman–Crippen LogP) is 2.23. The monoisotopic (exact) mass is 289 g/mol. The van der Waals surface area contributed by atoms with Crippen molar-refractivity contribution in [3.63, 3.8) is 0 Å². The van der Waals surface area contributed by atoms with E-state index in [1.165, 1.54) is 11.3 Å². The third-order valence-electron chi connectivity index (χ3n) is 3.17. The summed E-state index contributed by atoms with van der Waals surface area (Å²) in [4.78, 5) is 18.3. The van der Waals surface area contributed by atoms with Crippen molar-refractivity contribution in [2.75, 3.05) is 36.5 Å². The zero-order valence-corrected chi connectivity index (χ0v) is 11.7. The first-order valence-electron chi connectivity index (χ1n) is 6.46. The summed E-state index contributed by atoms with van der Waals surface area (Å²) in [5.41, 5.74) is 3.95. The van der Waals surface area contributed by atoms with Crippen LogP contribution in [0, 0.1) is 0 Å². The maximum atomic E-state index is 12.1. The molecule has 1 fully saturated rings. The molecule has 0 saturated carbocycles. The van der Waals surface area contributed by atoms with Crippen LogP contribution in [0.4, 0.5) is 11.4 Å². The lowest BCUT2D eigenvalue weighted by molar-refractivity contribution is 0.102. The molecule has 0 bridgehead atoms. The second kappa shape index (κ2) is 6.02. The molecular formula is C14H15N3O2S. The number of amides is 1. The quantitative estimate of drug-likeness (QED) is 0.941. The molecule has 0 atom stereocenters. The molecule has 104 valence electrons. The summed E-state index contributed by atoms with van der Waals surface area (Å²) in [5, 5.41) is 4.68. The summed E-state index contributed by atoms with van der Waals surface area (Å²) in [6.45, 7) is 3.11. The molecule has 1 N–H and O–H groups in total. The lowest BCUT2D eigenvalue weighted by Crippen LogP contribution is -2.36. The number of benzene rings is 1. The van der Waals surface area contributed by atoms with Gasteiger partial charge < -0.3 is 15.0 Å². The molecule has 1 aliphatic heterocycles. The Bertz CT molecular complexity index is 580. The van der Waals surface area contributed by atoms with Crippen molar-refractivity contribution in [3.05, 3.63) is 40.8 Å². The highest BCUT2D eigenvalue weighted by Crippen LogP contribution is 2.26. The summed E-state index contributed by atoms with van der Waals surface area (Å²) < 4.78 is 5.36. The molecule has 1 amide bonds. The number of aromatic nitrogens is 1.